The third kappa shape index (κ3) is 28.5. The molecule has 10 amide bonds. The van der Waals surface area contributed by atoms with E-state index in [0.29, 0.717) is 158 Å². The molecule has 115 heavy (non-hydrogen) atoms. The van der Waals surface area contributed by atoms with Crippen molar-refractivity contribution in [2.75, 3.05) is 152 Å². The Kier molecular flexibility index (Phi) is 38.9. The van der Waals surface area contributed by atoms with Crippen molar-refractivity contribution in [3.05, 3.63) is 73.8 Å². The summed E-state index contributed by atoms with van der Waals surface area (Å²) in [5.74, 6) is -9.25. The van der Waals surface area contributed by atoms with Crippen molar-refractivity contribution in [1.29, 1.82) is 0 Å². The van der Waals surface area contributed by atoms with Gasteiger partial charge in [-0.1, -0.05) is 6.92 Å². The Morgan fingerprint density at radius 1 is 0.591 bits per heavy atom. The van der Waals surface area contributed by atoms with E-state index in [1.54, 1.807) is 21.0 Å². The van der Waals surface area contributed by atoms with Crippen LogP contribution in [0.15, 0.2) is 29.1 Å². The minimum atomic E-state index is -2.10. The number of esters is 1. The summed E-state index contributed by atoms with van der Waals surface area (Å²) >= 11 is 0. The number of aryl methyl sites for hydroxylation is 1. The molecule has 10 N–H and O–H groups in total. The molecular weight excluding hydrogens is 1510 g/mol. The molecule has 0 fully saturated rings. The van der Waals surface area contributed by atoms with Crippen molar-refractivity contribution in [3.8, 4) is 11.4 Å². The Morgan fingerprint density at radius 3 is 1.63 bits per heavy atom. The molecule has 0 radical (unpaired) electrons. The third-order valence-corrected chi connectivity index (χ3v) is 19.3. The summed E-state index contributed by atoms with van der Waals surface area (Å²) in [7, 11) is 1.62. The highest BCUT2D eigenvalue weighted by atomic mass is 19.1. The molecule has 37 nitrogen and oxygen atoms in total. The van der Waals surface area contributed by atoms with Gasteiger partial charge in [0.15, 0.2) is 5.60 Å². The summed E-state index contributed by atoms with van der Waals surface area (Å²) in [5, 5.41) is 42.6. The minimum absolute atomic E-state index is 0.00411. The fraction of sp³-hybridized carbons (Fsp3) is 0.636. The molecule has 38 heteroatoms. The van der Waals surface area contributed by atoms with Crippen LogP contribution in [0.25, 0.3) is 22.3 Å². The van der Waals surface area contributed by atoms with Gasteiger partial charge in [-0.2, -0.15) is 0 Å². The zero-order valence-electron chi connectivity index (χ0n) is 66.1. The number of nitrogens with one attached hydrogen (secondary N) is 8. The minimum Gasteiger partial charge on any atom is -0.481 e. The molecule has 3 aliphatic heterocycles. The van der Waals surface area contributed by atoms with Crippen LogP contribution in [0.5, 0.6) is 0 Å². The van der Waals surface area contributed by atoms with E-state index in [9.17, 15) is 72.5 Å². The second-order valence-electron chi connectivity index (χ2n) is 27.7. The number of ether oxygens (including phenoxy) is 11. The van der Waals surface area contributed by atoms with Crippen LogP contribution in [-0.2, 0) is 135 Å². The number of carbonyl (C=O) groups is 12. The Balaban J connectivity index is 0.776. The van der Waals surface area contributed by atoms with Crippen molar-refractivity contribution in [2.24, 2.45) is 0 Å². The van der Waals surface area contributed by atoms with Gasteiger partial charge < -0.3 is 109 Å². The summed E-state index contributed by atoms with van der Waals surface area (Å²) in [4.78, 5) is 176. The molecule has 0 unspecified atom stereocenters. The monoisotopic (exact) mass is 1620 g/mol. The zero-order valence-corrected chi connectivity index (χ0v) is 66.1. The van der Waals surface area contributed by atoms with E-state index < -0.39 is 137 Å². The Hall–Kier alpha value is -9.35. The molecule has 7 atom stereocenters. The van der Waals surface area contributed by atoms with Crippen molar-refractivity contribution in [2.45, 2.75) is 167 Å². The number of carboxylic acids is 1. The predicted molar refractivity (Wildman–Crippen MR) is 405 cm³/mol. The second-order valence-corrected chi connectivity index (χ2v) is 27.7. The lowest BCUT2D eigenvalue weighted by molar-refractivity contribution is -0.172. The number of fused-ring (bicyclic) bond motifs is 5. The zero-order chi connectivity index (χ0) is 83.4. The first-order valence-corrected chi connectivity index (χ1v) is 38.9. The Morgan fingerprint density at radius 2 is 1.10 bits per heavy atom. The topological polar surface area (TPSA) is 481 Å². The van der Waals surface area contributed by atoms with E-state index in [4.69, 9.17) is 57.1 Å². The molecule has 1 aliphatic carbocycles. The smallest absolute Gasteiger partial charge is 0.343 e. The molecule has 636 valence electrons. The Bertz CT molecular complexity index is 3940. The van der Waals surface area contributed by atoms with Gasteiger partial charge in [0.25, 0.3) is 17.4 Å². The highest BCUT2D eigenvalue weighted by Crippen LogP contribution is 2.46. The van der Waals surface area contributed by atoms with Gasteiger partial charge in [-0.3, -0.25) is 62.4 Å². The van der Waals surface area contributed by atoms with Crippen LogP contribution >= 0.6 is 0 Å². The maximum Gasteiger partial charge on any atom is 0.343 e. The average molecular weight is 1620 g/mol. The molecular formula is C77H110FN11O26. The lowest BCUT2D eigenvalue weighted by Gasteiger charge is -2.31. The van der Waals surface area contributed by atoms with E-state index >= 15 is 4.39 Å². The number of rotatable bonds is 57. The number of carbonyl (C=O) groups excluding carboxylic acids is 11. The highest BCUT2D eigenvalue weighted by molar-refractivity contribution is 6.13. The number of carboxylic acid groups (broad SMARTS) is 1. The number of aliphatic hydroxyl groups is 1. The molecule has 4 aliphatic rings. The van der Waals surface area contributed by atoms with Crippen molar-refractivity contribution in [3.63, 3.8) is 0 Å². The number of halogens is 1. The number of nitrogens with zero attached hydrogens (tertiary/aromatic N) is 3. The molecule has 7 rings (SSSR count). The second kappa shape index (κ2) is 48.2. The first-order chi connectivity index (χ1) is 55.3. The standard InChI is InChI=1S/C77H110FN11O26/c1-7-77(104)54-42-60-69-52(44-89(60)75(102)53(54)45-115-76(77)103)68-56(16-15-51-47(2)55(78)43-59(86-69)67(51)68)87-72(99)50(5)82-70(97)48(3)81-71(98)49(4)83-74(101)58(17-20-66(95)96)85-61(90)13-10-22-80-73(100)57(84-62(91)14-11-23-88-64(93)18-19-65(88)94)12-8-9-21-79-63(92)46-114-41-40-113-39-38-112-37-36-111-35-34-110-33-32-109-31-30-108-29-28-107-27-26-106-25-24-105-6/h18-19,42-43,48-50,56-58,104H,7-17,20-41,44-46H2,1-6H3,(H,79,92)(H,80,100)(H,81,98)(H,82,97)(H,83,101)(H,84,91)(H,85,90)(H,87,99)(H,95,96)/t48-,49-,50-,56-,57-,58-,77-/m0/s1. The number of pyridine rings is 2. The van der Waals surface area contributed by atoms with Gasteiger partial charge in [-0.05, 0) is 108 Å². The first kappa shape index (κ1) is 92.8. The van der Waals surface area contributed by atoms with Crippen molar-refractivity contribution >= 4 is 81.9 Å². The number of hydrogen-bond donors (Lipinski definition) is 10. The van der Waals surface area contributed by atoms with Crippen LogP contribution in [0, 0.1) is 12.7 Å². The van der Waals surface area contributed by atoms with Gasteiger partial charge in [0, 0.05) is 80.7 Å². The van der Waals surface area contributed by atoms with Crippen LogP contribution in [0.2, 0.25) is 0 Å². The predicted octanol–water partition coefficient (Wildman–Crippen LogP) is -0.337. The fourth-order valence-corrected chi connectivity index (χ4v) is 13.0. The highest BCUT2D eigenvalue weighted by Gasteiger charge is 2.46. The maximum absolute atomic E-state index is 15.6. The first-order valence-electron chi connectivity index (χ1n) is 38.9. The van der Waals surface area contributed by atoms with Crippen LogP contribution in [0.4, 0.5) is 4.39 Å². The third-order valence-electron chi connectivity index (χ3n) is 19.3. The van der Waals surface area contributed by atoms with Crippen LogP contribution in [0.1, 0.15) is 138 Å². The number of aliphatic carboxylic acids is 1. The maximum atomic E-state index is 15.6. The van der Waals surface area contributed by atoms with Gasteiger partial charge in [-0.25, -0.2) is 14.2 Å². The fourth-order valence-electron chi connectivity index (χ4n) is 13.0. The molecule has 2 aromatic heterocycles. The molecule has 5 heterocycles. The van der Waals surface area contributed by atoms with Gasteiger partial charge >= 0.3 is 11.9 Å². The van der Waals surface area contributed by atoms with E-state index in [2.05, 4.69) is 42.5 Å². The van der Waals surface area contributed by atoms with E-state index in [-0.39, 0.29) is 120 Å². The van der Waals surface area contributed by atoms with Crippen molar-refractivity contribution < 1.29 is 124 Å². The molecule has 0 spiro atoms. The number of cyclic esters (lactones) is 1. The van der Waals surface area contributed by atoms with Gasteiger partial charge in [0.2, 0.25) is 47.3 Å². The summed E-state index contributed by atoms with van der Waals surface area (Å²) in [6.45, 7) is 14.0. The summed E-state index contributed by atoms with van der Waals surface area (Å²) < 4.78 is 76.2. The molecule has 0 bridgehead atoms. The van der Waals surface area contributed by atoms with E-state index in [0.717, 1.165) is 17.1 Å². The van der Waals surface area contributed by atoms with E-state index in [1.165, 1.54) is 37.5 Å². The van der Waals surface area contributed by atoms with Crippen LogP contribution in [-0.4, -0.2) is 278 Å². The summed E-state index contributed by atoms with van der Waals surface area (Å²) in [5.41, 5.74) is 0.570. The average Bonchev–Trinajstić information content (AvgIpc) is 1.59. The number of methoxy groups -OCH3 is 1. The van der Waals surface area contributed by atoms with Crippen LogP contribution in [0.3, 0.4) is 0 Å². The number of aromatic nitrogens is 2. The molecule has 0 saturated carbocycles. The normalized spacial score (nSPS) is 16.5. The summed E-state index contributed by atoms with van der Waals surface area (Å²) in [6.07, 6.45) is 2.34. The van der Waals surface area contributed by atoms with E-state index in [1.807, 2.05) is 0 Å². The number of hydrogen-bond acceptors (Lipinski definition) is 26. The lowest BCUT2D eigenvalue weighted by Crippen LogP contribution is -2.56. The quantitative estimate of drug-likeness (QED) is 0.0154. The van der Waals surface area contributed by atoms with Gasteiger partial charge in [0.05, 0.1) is 154 Å². The number of benzene rings is 1. The Labute approximate surface area is 664 Å². The SMILES string of the molecule is CC[C@@]1(O)C(=O)OCc2c1cc1n(c2=O)Cc2c-1nc1cc(F)c(C)c3c1c2[C@@H](NC(=O)[C@H](C)NC(=O)[C@H](C)NC(=O)[C@H](C)NC(=O)[C@H](CCC(=O)O)NC(=O)CCCNC(=O)[C@H](CCCCNC(=O)COCCOCCOCCOCCOCCOCCOCCOCCOCCOC)NC(=O)CCCN1C(=O)C=CC1=O)CC3. The van der Waals surface area contributed by atoms with Gasteiger partial charge in [0.1, 0.15) is 49.2 Å². The largest absolute Gasteiger partial charge is 0.481 e. The van der Waals surface area contributed by atoms with Gasteiger partial charge in [-0.15, -0.1) is 0 Å². The summed E-state index contributed by atoms with van der Waals surface area (Å²) in [6, 6.07) is -4.36. The lowest BCUT2D eigenvalue weighted by atomic mass is 9.81. The van der Waals surface area contributed by atoms with Crippen LogP contribution < -0.4 is 48.1 Å². The number of imide groups is 1. The molecule has 1 aromatic carbocycles. The number of amides is 10. The molecule has 3 aromatic rings. The van der Waals surface area contributed by atoms with Crippen molar-refractivity contribution in [1.82, 2.24) is 57.0 Å². The molecule has 0 saturated heterocycles. The number of unbranched alkanes of at least 4 members (excludes halogenated alkanes) is 1.